The maximum Gasteiger partial charge on any atom is 0.225 e. The highest BCUT2D eigenvalue weighted by Gasteiger charge is 2.49. The Balaban J connectivity index is 1.50. The molecule has 0 saturated heterocycles. The van der Waals surface area contributed by atoms with E-state index in [-0.39, 0.29) is 17.9 Å². The minimum absolute atomic E-state index is 0.108. The van der Waals surface area contributed by atoms with Crippen molar-refractivity contribution in [1.29, 1.82) is 0 Å². The largest absolute Gasteiger partial charge is 0.353 e. The number of hydrogen-bond donors (Lipinski definition) is 2. The Kier molecular flexibility index (Phi) is 4.07. The zero-order valence-corrected chi connectivity index (χ0v) is 13.0. The molecule has 3 saturated carbocycles. The van der Waals surface area contributed by atoms with Gasteiger partial charge in [0.15, 0.2) is 0 Å². The van der Waals surface area contributed by atoms with E-state index in [1.54, 1.807) is 0 Å². The molecule has 0 spiro atoms. The molecule has 3 aliphatic carbocycles. The van der Waals surface area contributed by atoms with Crippen molar-refractivity contribution >= 4 is 5.91 Å². The van der Waals surface area contributed by atoms with Crippen molar-refractivity contribution in [3.8, 4) is 0 Å². The topological polar surface area (TPSA) is 55.1 Å². The van der Waals surface area contributed by atoms with Crippen LogP contribution in [0, 0.1) is 29.6 Å². The summed E-state index contributed by atoms with van der Waals surface area (Å²) < 4.78 is 0. The van der Waals surface area contributed by atoms with Crippen LogP contribution in [0.3, 0.4) is 0 Å². The van der Waals surface area contributed by atoms with Crippen LogP contribution in [-0.2, 0) is 4.79 Å². The molecule has 0 aliphatic heterocycles. The second kappa shape index (κ2) is 5.67. The van der Waals surface area contributed by atoms with Crippen molar-refractivity contribution < 1.29 is 4.79 Å². The van der Waals surface area contributed by atoms with Crippen molar-refractivity contribution in [3.05, 3.63) is 0 Å². The van der Waals surface area contributed by atoms with E-state index in [0.717, 1.165) is 24.7 Å². The monoisotopic (exact) mass is 278 g/mol. The van der Waals surface area contributed by atoms with Gasteiger partial charge in [0.2, 0.25) is 5.91 Å². The van der Waals surface area contributed by atoms with E-state index >= 15 is 0 Å². The molecular formula is C17H30N2O. The zero-order valence-electron chi connectivity index (χ0n) is 13.0. The summed E-state index contributed by atoms with van der Waals surface area (Å²) in [6.07, 6.45) is 8.51. The van der Waals surface area contributed by atoms with Crippen LogP contribution in [0.5, 0.6) is 0 Å². The third-order valence-corrected chi connectivity index (χ3v) is 6.34. The summed E-state index contributed by atoms with van der Waals surface area (Å²) >= 11 is 0. The van der Waals surface area contributed by atoms with Gasteiger partial charge in [0.1, 0.15) is 0 Å². The van der Waals surface area contributed by atoms with Crippen LogP contribution in [0.1, 0.15) is 58.8 Å². The first-order valence-electron chi connectivity index (χ1n) is 8.62. The minimum Gasteiger partial charge on any atom is -0.353 e. The van der Waals surface area contributed by atoms with Gasteiger partial charge in [-0.25, -0.2) is 0 Å². The lowest BCUT2D eigenvalue weighted by molar-refractivity contribution is -0.128. The maximum absolute atomic E-state index is 12.5. The Morgan fingerprint density at radius 2 is 1.70 bits per heavy atom. The van der Waals surface area contributed by atoms with Crippen molar-refractivity contribution in [1.82, 2.24) is 5.32 Å². The molecule has 0 aromatic heterocycles. The van der Waals surface area contributed by atoms with Gasteiger partial charge in [0.05, 0.1) is 5.92 Å². The molecule has 20 heavy (non-hydrogen) atoms. The van der Waals surface area contributed by atoms with Crippen molar-refractivity contribution in [2.24, 2.45) is 35.3 Å². The lowest BCUT2D eigenvalue weighted by Crippen LogP contribution is -2.48. The fourth-order valence-corrected chi connectivity index (χ4v) is 4.95. The van der Waals surface area contributed by atoms with Crippen LogP contribution in [-0.4, -0.2) is 18.0 Å². The molecule has 0 aromatic carbocycles. The number of fused-ring (bicyclic) bond motifs is 2. The predicted octanol–water partition coefficient (Wildman–Crippen LogP) is 2.69. The van der Waals surface area contributed by atoms with Crippen LogP contribution in [0.4, 0.5) is 0 Å². The number of rotatable bonds is 3. The molecule has 0 aromatic rings. The Hall–Kier alpha value is -0.570. The van der Waals surface area contributed by atoms with Crippen LogP contribution < -0.4 is 11.1 Å². The Labute approximate surface area is 123 Å². The highest BCUT2D eigenvalue weighted by molar-refractivity contribution is 5.80. The average molecular weight is 278 g/mol. The molecule has 3 heteroatoms. The minimum atomic E-state index is 0.108. The Morgan fingerprint density at radius 1 is 1.05 bits per heavy atom. The molecule has 4 atom stereocenters. The van der Waals surface area contributed by atoms with Crippen molar-refractivity contribution in [2.45, 2.75) is 70.9 Å². The highest BCUT2D eigenvalue weighted by atomic mass is 16.2. The van der Waals surface area contributed by atoms with Gasteiger partial charge in [-0.1, -0.05) is 13.8 Å². The second-order valence-corrected chi connectivity index (χ2v) is 7.80. The molecule has 3 nitrogen and oxygen atoms in total. The summed E-state index contributed by atoms with van der Waals surface area (Å²) in [7, 11) is 0. The lowest BCUT2D eigenvalue weighted by atomic mass is 9.79. The summed E-state index contributed by atoms with van der Waals surface area (Å²) in [6, 6.07) is 0.532. The molecule has 3 rings (SSSR count). The molecule has 0 heterocycles. The zero-order chi connectivity index (χ0) is 14.3. The van der Waals surface area contributed by atoms with Gasteiger partial charge in [-0.2, -0.15) is 0 Å². The predicted molar refractivity (Wildman–Crippen MR) is 81.0 cm³/mol. The molecule has 3 N–H and O–H groups in total. The molecule has 2 bridgehead atoms. The normalized spacial score (nSPS) is 44.0. The number of carbonyl (C=O) groups is 1. The molecule has 1 amide bonds. The van der Waals surface area contributed by atoms with Crippen LogP contribution in [0.15, 0.2) is 0 Å². The number of hydrogen-bond acceptors (Lipinski definition) is 2. The van der Waals surface area contributed by atoms with E-state index in [4.69, 9.17) is 5.73 Å². The van der Waals surface area contributed by atoms with Crippen LogP contribution >= 0.6 is 0 Å². The number of amides is 1. The van der Waals surface area contributed by atoms with Gasteiger partial charge in [-0.15, -0.1) is 0 Å². The molecule has 3 fully saturated rings. The molecular weight excluding hydrogens is 248 g/mol. The molecule has 0 radical (unpaired) electrons. The summed E-state index contributed by atoms with van der Waals surface area (Å²) in [4.78, 5) is 12.5. The first-order valence-corrected chi connectivity index (χ1v) is 8.62. The fraction of sp³-hybridized carbons (Fsp3) is 0.941. The fourth-order valence-electron chi connectivity index (χ4n) is 4.95. The Morgan fingerprint density at radius 3 is 2.25 bits per heavy atom. The van der Waals surface area contributed by atoms with Crippen molar-refractivity contribution in [2.75, 3.05) is 0 Å². The van der Waals surface area contributed by atoms with Gasteiger partial charge >= 0.3 is 0 Å². The maximum atomic E-state index is 12.5. The van der Waals surface area contributed by atoms with E-state index in [9.17, 15) is 4.79 Å². The average Bonchev–Trinajstić information content (AvgIpc) is 2.99. The number of nitrogens with two attached hydrogens (primary N) is 1. The summed E-state index contributed by atoms with van der Waals surface area (Å²) in [5.74, 6) is 3.20. The third-order valence-electron chi connectivity index (χ3n) is 6.34. The summed E-state index contributed by atoms with van der Waals surface area (Å²) in [5.41, 5.74) is 6.27. The van der Waals surface area contributed by atoms with Gasteiger partial charge in [0.25, 0.3) is 0 Å². The van der Waals surface area contributed by atoms with Crippen LogP contribution in [0.25, 0.3) is 0 Å². The molecule has 114 valence electrons. The Bertz CT molecular complexity index is 358. The molecule has 3 aliphatic rings. The van der Waals surface area contributed by atoms with Gasteiger partial charge < -0.3 is 11.1 Å². The standard InChI is InChI=1S/C17H30N2O/c1-10(2)11-5-7-14(8-6-11)19-17(20)15-12-3-4-13(9-12)16(15)18/h10-16H,3-9,18H2,1-2H3,(H,19,20). The summed E-state index contributed by atoms with van der Waals surface area (Å²) in [6.45, 7) is 4.63. The third kappa shape index (κ3) is 2.61. The van der Waals surface area contributed by atoms with E-state index in [1.807, 2.05) is 0 Å². The second-order valence-electron chi connectivity index (χ2n) is 7.80. The SMILES string of the molecule is CC(C)C1CCC(NC(=O)C2C3CCC(C3)C2N)CC1. The smallest absolute Gasteiger partial charge is 0.225 e. The number of nitrogens with one attached hydrogen (secondary N) is 1. The lowest BCUT2D eigenvalue weighted by Gasteiger charge is -2.33. The van der Waals surface area contributed by atoms with E-state index in [0.29, 0.717) is 17.9 Å². The quantitative estimate of drug-likeness (QED) is 0.834. The van der Waals surface area contributed by atoms with E-state index < -0.39 is 0 Å². The number of carbonyl (C=O) groups excluding carboxylic acids is 1. The van der Waals surface area contributed by atoms with Gasteiger partial charge in [-0.05, 0) is 68.6 Å². The van der Waals surface area contributed by atoms with Crippen molar-refractivity contribution in [3.63, 3.8) is 0 Å². The van der Waals surface area contributed by atoms with E-state index in [2.05, 4.69) is 19.2 Å². The van der Waals surface area contributed by atoms with Crippen LogP contribution in [0.2, 0.25) is 0 Å². The summed E-state index contributed by atoms with van der Waals surface area (Å²) in [5, 5.41) is 3.32. The highest BCUT2D eigenvalue weighted by Crippen LogP contribution is 2.47. The van der Waals surface area contributed by atoms with Gasteiger partial charge in [-0.3, -0.25) is 4.79 Å². The van der Waals surface area contributed by atoms with Gasteiger partial charge in [0, 0.05) is 12.1 Å². The van der Waals surface area contributed by atoms with E-state index in [1.165, 1.54) is 32.1 Å². The molecule has 4 unspecified atom stereocenters. The first kappa shape index (κ1) is 14.4. The first-order chi connectivity index (χ1) is 9.56.